The van der Waals surface area contributed by atoms with Gasteiger partial charge in [0, 0.05) is 22.4 Å². The van der Waals surface area contributed by atoms with E-state index in [0.717, 1.165) is 28.0 Å². The molecule has 23 heavy (non-hydrogen) atoms. The minimum atomic E-state index is -0.844. The molecule has 1 heterocycles. The minimum absolute atomic E-state index is 0.415. The summed E-state index contributed by atoms with van der Waals surface area (Å²) in [4.78, 5) is 11.5. The van der Waals surface area contributed by atoms with Crippen molar-refractivity contribution in [3.63, 3.8) is 0 Å². The van der Waals surface area contributed by atoms with Crippen molar-refractivity contribution >= 4 is 21.9 Å². The summed E-state index contributed by atoms with van der Waals surface area (Å²) in [6, 6.07) is 9.92. The first-order valence-electron chi connectivity index (χ1n) is 8.25. The van der Waals surface area contributed by atoms with E-state index in [1.54, 1.807) is 0 Å². The maximum absolute atomic E-state index is 11.5. The number of aromatic carboxylic acids is 1. The SMILES string of the molecule is Cc1c(C(=O)O)cc(-c2ccc(Br)cc2)n1CC1CCCCC1. The van der Waals surface area contributed by atoms with E-state index in [1.165, 1.54) is 32.1 Å². The van der Waals surface area contributed by atoms with Crippen LogP contribution >= 0.6 is 15.9 Å². The molecule has 3 nitrogen and oxygen atoms in total. The topological polar surface area (TPSA) is 42.2 Å². The number of halogens is 1. The minimum Gasteiger partial charge on any atom is -0.478 e. The zero-order chi connectivity index (χ0) is 16.4. The van der Waals surface area contributed by atoms with Gasteiger partial charge in [-0.2, -0.15) is 0 Å². The largest absolute Gasteiger partial charge is 0.478 e. The first-order valence-corrected chi connectivity index (χ1v) is 9.05. The predicted molar refractivity (Wildman–Crippen MR) is 95.8 cm³/mol. The molecule has 1 aliphatic rings. The van der Waals surface area contributed by atoms with Crippen LogP contribution in [-0.4, -0.2) is 15.6 Å². The maximum Gasteiger partial charge on any atom is 0.337 e. The molecule has 1 aliphatic carbocycles. The number of rotatable bonds is 4. The van der Waals surface area contributed by atoms with E-state index in [1.807, 2.05) is 37.3 Å². The summed E-state index contributed by atoms with van der Waals surface area (Å²) in [5.41, 5.74) is 3.36. The first-order chi connectivity index (χ1) is 11.1. The zero-order valence-corrected chi connectivity index (χ0v) is 15.0. The molecule has 2 aromatic rings. The zero-order valence-electron chi connectivity index (χ0n) is 13.4. The van der Waals surface area contributed by atoms with Crippen molar-refractivity contribution in [3.8, 4) is 11.3 Å². The van der Waals surface area contributed by atoms with Gasteiger partial charge in [-0.05, 0) is 49.4 Å². The van der Waals surface area contributed by atoms with Gasteiger partial charge in [0.25, 0.3) is 0 Å². The van der Waals surface area contributed by atoms with Gasteiger partial charge in [0.2, 0.25) is 0 Å². The fourth-order valence-electron chi connectivity index (χ4n) is 3.58. The third-order valence-corrected chi connectivity index (χ3v) is 5.43. The van der Waals surface area contributed by atoms with Crippen molar-refractivity contribution in [3.05, 3.63) is 46.1 Å². The first kappa shape index (κ1) is 16.3. The van der Waals surface area contributed by atoms with Crippen LogP contribution in [0.2, 0.25) is 0 Å². The molecule has 1 aromatic heterocycles. The molecule has 4 heteroatoms. The highest BCUT2D eigenvalue weighted by atomic mass is 79.9. The van der Waals surface area contributed by atoms with E-state index in [-0.39, 0.29) is 0 Å². The Hall–Kier alpha value is -1.55. The summed E-state index contributed by atoms with van der Waals surface area (Å²) in [7, 11) is 0. The highest BCUT2D eigenvalue weighted by molar-refractivity contribution is 9.10. The molecule has 0 atom stereocenters. The predicted octanol–water partition coefficient (Wildman–Crippen LogP) is 5.50. The normalized spacial score (nSPS) is 15.7. The van der Waals surface area contributed by atoms with Gasteiger partial charge in [0.1, 0.15) is 0 Å². The summed E-state index contributed by atoms with van der Waals surface area (Å²) in [5, 5.41) is 9.48. The Labute approximate surface area is 145 Å². The molecular formula is C19H22BrNO2. The average molecular weight is 376 g/mol. The lowest BCUT2D eigenvalue weighted by Crippen LogP contribution is -2.16. The second-order valence-electron chi connectivity index (χ2n) is 6.46. The number of carbonyl (C=O) groups is 1. The van der Waals surface area contributed by atoms with Crippen LogP contribution in [0.1, 0.15) is 48.2 Å². The summed E-state index contributed by atoms with van der Waals surface area (Å²) < 4.78 is 3.24. The lowest BCUT2D eigenvalue weighted by atomic mass is 9.89. The quantitative estimate of drug-likeness (QED) is 0.765. The van der Waals surface area contributed by atoms with Crippen LogP contribution in [-0.2, 0) is 6.54 Å². The standard InChI is InChI=1S/C19H22BrNO2/c1-13-17(19(22)23)11-18(15-7-9-16(20)10-8-15)21(13)12-14-5-3-2-4-6-14/h7-11,14H,2-6,12H2,1H3,(H,22,23). The van der Waals surface area contributed by atoms with Crippen molar-refractivity contribution in [2.24, 2.45) is 5.92 Å². The Kier molecular flexibility index (Phi) is 4.90. The van der Waals surface area contributed by atoms with E-state index in [0.29, 0.717) is 11.5 Å². The average Bonchev–Trinajstić information content (AvgIpc) is 2.87. The highest BCUT2D eigenvalue weighted by Gasteiger charge is 2.21. The van der Waals surface area contributed by atoms with Crippen molar-refractivity contribution < 1.29 is 9.90 Å². The number of aromatic nitrogens is 1. The molecule has 122 valence electrons. The maximum atomic E-state index is 11.5. The number of carboxylic acids is 1. The van der Waals surface area contributed by atoms with Gasteiger partial charge in [0.15, 0.2) is 0 Å². The smallest absolute Gasteiger partial charge is 0.337 e. The Morgan fingerprint density at radius 1 is 1.22 bits per heavy atom. The van der Waals surface area contributed by atoms with Gasteiger partial charge in [-0.3, -0.25) is 0 Å². The van der Waals surface area contributed by atoms with Crippen LogP contribution in [0.4, 0.5) is 0 Å². The Morgan fingerprint density at radius 2 is 1.87 bits per heavy atom. The van der Waals surface area contributed by atoms with Gasteiger partial charge < -0.3 is 9.67 Å². The molecule has 0 bridgehead atoms. The van der Waals surface area contributed by atoms with Gasteiger partial charge >= 0.3 is 5.97 Å². The van der Waals surface area contributed by atoms with Gasteiger partial charge in [-0.25, -0.2) is 4.79 Å². The number of hydrogen-bond acceptors (Lipinski definition) is 1. The van der Waals surface area contributed by atoms with E-state index in [9.17, 15) is 9.90 Å². The lowest BCUT2D eigenvalue weighted by Gasteiger charge is -2.24. The van der Waals surface area contributed by atoms with Crippen molar-refractivity contribution in [1.29, 1.82) is 0 Å². The number of nitrogens with zero attached hydrogens (tertiary/aromatic N) is 1. The van der Waals surface area contributed by atoms with Gasteiger partial charge in [-0.15, -0.1) is 0 Å². The van der Waals surface area contributed by atoms with Crippen LogP contribution in [0.5, 0.6) is 0 Å². The van der Waals surface area contributed by atoms with Crippen molar-refractivity contribution in [2.45, 2.75) is 45.6 Å². The molecule has 3 rings (SSSR count). The van der Waals surface area contributed by atoms with Crippen molar-refractivity contribution in [2.75, 3.05) is 0 Å². The number of carboxylic acid groups (broad SMARTS) is 1. The Bertz CT molecular complexity index is 697. The monoisotopic (exact) mass is 375 g/mol. The lowest BCUT2D eigenvalue weighted by molar-refractivity contribution is 0.0696. The van der Waals surface area contributed by atoms with Crippen LogP contribution in [0, 0.1) is 12.8 Å². The second-order valence-corrected chi connectivity index (χ2v) is 7.37. The third-order valence-electron chi connectivity index (χ3n) is 4.90. The highest BCUT2D eigenvalue weighted by Crippen LogP contribution is 2.31. The number of benzene rings is 1. The molecule has 1 fully saturated rings. The second kappa shape index (κ2) is 6.91. The van der Waals surface area contributed by atoms with E-state index < -0.39 is 5.97 Å². The molecule has 1 saturated carbocycles. The Balaban J connectivity index is 2.00. The van der Waals surface area contributed by atoms with Gasteiger partial charge in [0.05, 0.1) is 5.56 Å². The molecule has 0 aliphatic heterocycles. The molecule has 0 amide bonds. The Morgan fingerprint density at radius 3 is 2.48 bits per heavy atom. The summed E-state index contributed by atoms with van der Waals surface area (Å²) in [5.74, 6) is -0.186. The van der Waals surface area contributed by atoms with Crippen LogP contribution in [0.3, 0.4) is 0 Å². The van der Waals surface area contributed by atoms with E-state index >= 15 is 0 Å². The fourth-order valence-corrected chi connectivity index (χ4v) is 3.85. The molecular weight excluding hydrogens is 354 g/mol. The molecule has 0 spiro atoms. The van der Waals surface area contributed by atoms with E-state index in [4.69, 9.17) is 0 Å². The molecule has 0 unspecified atom stereocenters. The molecule has 1 aromatic carbocycles. The summed E-state index contributed by atoms with van der Waals surface area (Å²) in [6.45, 7) is 2.85. The van der Waals surface area contributed by atoms with Crippen molar-refractivity contribution in [1.82, 2.24) is 4.57 Å². The third kappa shape index (κ3) is 3.52. The van der Waals surface area contributed by atoms with Crippen LogP contribution in [0.25, 0.3) is 11.3 Å². The number of hydrogen-bond donors (Lipinski definition) is 1. The summed E-state index contributed by atoms with van der Waals surface area (Å²) >= 11 is 3.46. The van der Waals surface area contributed by atoms with Gasteiger partial charge in [-0.1, -0.05) is 47.3 Å². The molecule has 0 saturated heterocycles. The molecule has 1 N–H and O–H groups in total. The molecule has 0 radical (unpaired) electrons. The van der Waals surface area contributed by atoms with E-state index in [2.05, 4.69) is 20.5 Å². The van der Waals surface area contributed by atoms with Crippen LogP contribution < -0.4 is 0 Å². The summed E-state index contributed by atoms with van der Waals surface area (Å²) in [6.07, 6.45) is 6.43. The fraction of sp³-hybridized carbons (Fsp3) is 0.421. The van der Waals surface area contributed by atoms with Crippen LogP contribution in [0.15, 0.2) is 34.8 Å².